The maximum Gasteiger partial charge on any atom is 0.242 e. The van der Waals surface area contributed by atoms with Crippen molar-refractivity contribution >= 4 is 23.6 Å². The Hall–Kier alpha value is -2.12. The number of rotatable bonds is 0. The number of carbonyl (C=O) groups excluding carboxylic acids is 4. The van der Waals surface area contributed by atoms with Crippen LogP contribution >= 0.6 is 0 Å². The van der Waals surface area contributed by atoms with Gasteiger partial charge >= 0.3 is 0 Å². The van der Waals surface area contributed by atoms with Gasteiger partial charge in [-0.3, -0.25) is 19.2 Å². The van der Waals surface area contributed by atoms with Gasteiger partial charge in [0.05, 0.1) is 11.8 Å². The molecule has 0 radical (unpaired) electrons. The van der Waals surface area contributed by atoms with Crippen molar-refractivity contribution in [1.82, 2.24) is 20.4 Å². The SMILES string of the molecule is CC(C)(C)C.CC(C)(C)C.CC(C)(C)C1CNC(=O)C2CCCCN2C1=O.CC(C)(C)C1CNC(=O)C2CCCN2C1=O. The van der Waals surface area contributed by atoms with E-state index in [1.807, 2.05) is 4.90 Å². The summed E-state index contributed by atoms with van der Waals surface area (Å²) in [7, 11) is 0. The van der Waals surface area contributed by atoms with Crippen LogP contribution in [0.4, 0.5) is 0 Å². The summed E-state index contributed by atoms with van der Waals surface area (Å²) in [6.07, 6.45) is 4.64. The van der Waals surface area contributed by atoms with Crippen molar-refractivity contribution in [2.45, 2.75) is 141 Å². The maximum absolute atomic E-state index is 12.5. The Kier molecular flexibility index (Phi) is 13.8. The van der Waals surface area contributed by atoms with Crippen molar-refractivity contribution in [2.75, 3.05) is 26.2 Å². The molecule has 8 nitrogen and oxygen atoms in total. The molecule has 4 amide bonds. The van der Waals surface area contributed by atoms with Crippen molar-refractivity contribution in [3.63, 3.8) is 0 Å². The van der Waals surface area contributed by atoms with Gasteiger partial charge in [-0.15, -0.1) is 0 Å². The third kappa shape index (κ3) is 13.6. The summed E-state index contributed by atoms with van der Waals surface area (Å²) in [5, 5.41) is 5.83. The molecule has 250 valence electrons. The lowest BCUT2D eigenvalue weighted by Crippen LogP contribution is -2.50. The number of piperidine rings is 1. The van der Waals surface area contributed by atoms with E-state index >= 15 is 0 Å². The molecule has 0 saturated carbocycles. The highest BCUT2D eigenvalue weighted by Gasteiger charge is 2.44. The van der Waals surface area contributed by atoms with Gasteiger partial charge in [0.15, 0.2) is 0 Å². The topological polar surface area (TPSA) is 98.8 Å². The lowest BCUT2D eigenvalue weighted by atomic mass is 9.79. The zero-order valence-corrected chi connectivity index (χ0v) is 30.2. The Morgan fingerprint density at radius 1 is 0.512 bits per heavy atom. The Labute approximate surface area is 263 Å². The number of nitrogens with zero attached hydrogens (tertiary/aromatic N) is 2. The first-order valence-corrected chi connectivity index (χ1v) is 16.5. The number of hydrogen-bond acceptors (Lipinski definition) is 4. The first-order chi connectivity index (χ1) is 19.3. The summed E-state index contributed by atoms with van der Waals surface area (Å²) in [5.41, 5.74) is 0.804. The van der Waals surface area contributed by atoms with Crippen LogP contribution in [-0.2, 0) is 19.2 Å². The molecule has 4 fully saturated rings. The Morgan fingerprint density at radius 2 is 0.814 bits per heavy atom. The standard InChI is InChI=1S/C13H22N2O2.C12H20N2O2.2C5H12/c1-13(2,3)9-8-14-11(16)10-6-4-5-7-15(10)12(9)17;1-12(2,3)8-7-13-10(15)9-5-4-6-14(9)11(8)16;2*1-5(2,3)4/h9-10H,4-8H2,1-3H3,(H,14,16);8-9H,4-7H2,1-3H3,(H,13,15);2*1-4H3. The van der Waals surface area contributed by atoms with Crippen LogP contribution in [0.1, 0.15) is 129 Å². The fourth-order valence-electron chi connectivity index (χ4n) is 5.34. The molecule has 0 bridgehead atoms. The molecule has 0 aromatic heterocycles. The Morgan fingerprint density at radius 3 is 1.14 bits per heavy atom. The monoisotopic (exact) mass is 607 g/mol. The first-order valence-electron chi connectivity index (χ1n) is 16.5. The van der Waals surface area contributed by atoms with E-state index < -0.39 is 0 Å². The molecule has 2 N–H and O–H groups in total. The largest absolute Gasteiger partial charge is 0.353 e. The van der Waals surface area contributed by atoms with Crippen molar-refractivity contribution in [3.8, 4) is 0 Å². The molecule has 0 aliphatic carbocycles. The smallest absolute Gasteiger partial charge is 0.242 e. The average molecular weight is 607 g/mol. The molecule has 4 saturated heterocycles. The minimum absolute atomic E-state index is 0.0256. The van der Waals surface area contributed by atoms with Gasteiger partial charge in [0, 0.05) is 26.2 Å². The number of fused-ring (bicyclic) bond motifs is 2. The molecule has 4 heterocycles. The molecule has 0 spiro atoms. The van der Waals surface area contributed by atoms with E-state index in [1.165, 1.54) is 0 Å². The Bertz CT molecular complexity index is 925. The maximum atomic E-state index is 12.5. The van der Waals surface area contributed by atoms with Gasteiger partial charge in [-0.2, -0.15) is 0 Å². The van der Waals surface area contributed by atoms with Crippen LogP contribution in [0.2, 0.25) is 0 Å². The van der Waals surface area contributed by atoms with Crippen LogP contribution in [0.15, 0.2) is 0 Å². The molecule has 4 rings (SSSR count). The van der Waals surface area contributed by atoms with Crippen molar-refractivity contribution in [2.24, 2.45) is 33.5 Å². The molecule has 0 aromatic rings. The fourth-order valence-corrected chi connectivity index (χ4v) is 5.34. The summed E-state index contributed by atoms with van der Waals surface area (Å²) in [5.74, 6) is 0.158. The summed E-state index contributed by atoms with van der Waals surface area (Å²) in [4.78, 5) is 52.2. The van der Waals surface area contributed by atoms with Gasteiger partial charge in [0.1, 0.15) is 12.1 Å². The molecule has 4 aliphatic rings. The van der Waals surface area contributed by atoms with Gasteiger partial charge < -0.3 is 20.4 Å². The molecular formula is C35H66N4O4. The lowest BCUT2D eigenvalue weighted by molar-refractivity contribution is -0.144. The molecule has 0 aromatic carbocycles. The second-order valence-corrected chi connectivity index (χ2v) is 18.1. The van der Waals surface area contributed by atoms with E-state index in [4.69, 9.17) is 0 Å². The fraction of sp³-hybridized carbons (Fsp3) is 0.886. The van der Waals surface area contributed by atoms with Crippen LogP contribution in [0.25, 0.3) is 0 Å². The van der Waals surface area contributed by atoms with E-state index in [1.54, 1.807) is 4.90 Å². The normalized spacial score (nSPS) is 26.5. The van der Waals surface area contributed by atoms with Crippen molar-refractivity contribution < 1.29 is 19.2 Å². The number of nitrogens with one attached hydrogen (secondary N) is 2. The minimum Gasteiger partial charge on any atom is -0.353 e. The Balaban J connectivity index is 0.000000329. The predicted octanol–water partition coefficient (Wildman–Crippen LogP) is 6.03. The van der Waals surface area contributed by atoms with E-state index in [9.17, 15) is 19.2 Å². The summed E-state index contributed by atoms with van der Waals surface area (Å²) in [6.45, 7) is 32.3. The van der Waals surface area contributed by atoms with Crippen LogP contribution in [-0.4, -0.2) is 71.7 Å². The molecule has 4 unspecified atom stereocenters. The second-order valence-electron chi connectivity index (χ2n) is 18.1. The van der Waals surface area contributed by atoms with Crippen LogP contribution in [0, 0.1) is 33.5 Å². The molecule has 8 heteroatoms. The second kappa shape index (κ2) is 15.2. The predicted molar refractivity (Wildman–Crippen MR) is 176 cm³/mol. The third-order valence-electron chi connectivity index (χ3n) is 7.57. The molecule has 4 aliphatic heterocycles. The van der Waals surface area contributed by atoms with Gasteiger partial charge in [0.25, 0.3) is 0 Å². The van der Waals surface area contributed by atoms with Crippen LogP contribution in [0.5, 0.6) is 0 Å². The highest BCUT2D eigenvalue weighted by molar-refractivity contribution is 5.92. The molecule has 4 atom stereocenters. The highest BCUT2D eigenvalue weighted by atomic mass is 16.2. The average Bonchev–Trinajstić information content (AvgIpc) is 3.21. The highest BCUT2D eigenvalue weighted by Crippen LogP contribution is 2.33. The summed E-state index contributed by atoms with van der Waals surface area (Å²) < 4.78 is 0. The first kappa shape index (κ1) is 38.9. The number of hydrogen-bond donors (Lipinski definition) is 2. The zero-order valence-electron chi connectivity index (χ0n) is 30.2. The number of carbonyl (C=O) groups is 4. The van der Waals surface area contributed by atoms with E-state index in [0.717, 1.165) is 45.2 Å². The van der Waals surface area contributed by atoms with Gasteiger partial charge in [0.2, 0.25) is 23.6 Å². The quantitative estimate of drug-likeness (QED) is 0.352. The van der Waals surface area contributed by atoms with E-state index in [-0.39, 0.29) is 58.4 Å². The van der Waals surface area contributed by atoms with E-state index in [2.05, 4.69) is 108 Å². The third-order valence-corrected chi connectivity index (χ3v) is 7.57. The van der Waals surface area contributed by atoms with Crippen molar-refractivity contribution in [3.05, 3.63) is 0 Å². The van der Waals surface area contributed by atoms with Gasteiger partial charge in [-0.05, 0) is 53.8 Å². The number of amides is 4. The molecule has 43 heavy (non-hydrogen) atoms. The van der Waals surface area contributed by atoms with Crippen LogP contribution in [0.3, 0.4) is 0 Å². The van der Waals surface area contributed by atoms with Crippen LogP contribution < -0.4 is 10.6 Å². The molecular weight excluding hydrogens is 540 g/mol. The minimum atomic E-state index is -0.219. The van der Waals surface area contributed by atoms with Gasteiger partial charge in [-0.1, -0.05) is 96.9 Å². The van der Waals surface area contributed by atoms with Gasteiger partial charge in [-0.25, -0.2) is 0 Å². The summed E-state index contributed by atoms with van der Waals surface area (Å²) in [6, 6.07) is -0.427. The lowest BCUT2D eigenvalue weighted by Gasteiger charge is -2.36. The van der Waals surface area contributed by atoms with Crippen molar-refractivity contribution in [1.29, 1.82) is 0 Å². The zero-order chi connectivity index (χ0) is 33.6. The van der Waals surface area contributed by atoms with E-state index in [0.29, 0.717) is 23.9 Å². The summed E-state index contributed by atoms with van der Waals surface area (Å²) >= 11 is 0.